The van der Waals surface area contributed by atoms with Crippen LogP contribution in [0.4, 0.5) is 10.1 Å². The molecular formula is C27H21FN4O. The number of hydrogen-bond donors (Lipinski definition) is 1. The van der Waals surface area contributed by atoms with Crippen molar-refractivity contribution < 1.29 is 9.18 Å². The molecule has 2 heterocycles. The largest absolute Gasteiger partial charge is 0.384 e. The summed E-state index contributed by atoms with van der Waals surface area (Å²) in [7, 11) is 0. The third-order valence-electron chi connectivity index (χ3n) is 6.35. The fraction of sp³-hybridized carbons (Fsp3) is 0.148. The van der Waals surface area contributed by atoms with Gasteiger partial charge in [0.15, 0.2) is 5.78 Å². The van der Waals surface area contributed by atoms with Crippen molar-refractivity contribution in [1.82, 2.24) is 4.98 Å². The molecule has 6 heteroatoms. The highest BCUT2D eigenvalue weighted by molar-refractivity contribution is 6.01. The Bertz CT molecular complexity index is 1310. The molecule has 2 aliphatic rings. The highest BCUT2D eigenvalue weighted by atomic mass is 19.1. The van der Waals surface area contributed by atoms with Gasteiger partial charge in [-0.3, -0.25) is 14.7 Å². The maximum Gasteiger partial charge on any atom is 0.162 e. The number of carbonyl (C=O) groups excluding carboxylic acids is 1. The quantitative estimate of drug-likeness (QED) is 0.630. The predicted octanol–water partition coefficient (Wildman–Crippen LogP) is 4.92. The monoisotopic (exact) mass is 436 g/mol. The van der Waals surface area contributed by atoms with Gasteiger partial charge in [0.1, 0.15) is 11.6 Å². The van der Waals surface area contributed by atoms with Crippen LogP contribution < -0.4 is 10.6 Å². The van der Waals surface area contributed by atoms with Gasteiger partial charge in [-0.25, -0.2) is 4.39 Å². The molecule has 0 saturated heterocycles. The van der Waals surface area contributed by atoms with Gasteiger partial charge in [0.2, 0.25) is 0 Å². The zero-order chi connectivity index (χ0) is 22.9. The molecule has 2 aromatic carbocycles. The zero-order valence-corrected chi connectivity index (χ0v) is 17.8. The molecule has 162 valence electrons. The first-order chi connectivity index (χ1) is 16.1. The SMILES string of the molecule is N#CC1=C(N)N(c2cccnc2)C2=C(C(=O)C[C@H](c3ccccc3)C2)[C@@H]1c1ccc(F)cc1. The van der Waals surface area contributed by atoms with E-state index in [1.165, 1.54) is 12.1 Å². The Balaban J connectivity index is 1.72. The Morgan fingerprint density at radius 1 is 1.00 bits per heavy atom. The van der Waals surface area contributed by atoms with Crippen molar-refractivity contribution in [2.24, 2.45) is 5.73 Å². The van der Waals surface area contributed by atoms with Crippen molar-refractivity contribution in [3.05, 3.63) is 119 Å². The number of benzene rings is 2. The van der Waals surface area contributed by atoms with E-state index in [1.807, 2.05) is 36.4 Å². The molecule has 0 unspecified atom stereocenters. The van der Waals surface area contributed by atoms with E-state index in [1.54, 1.807) is 35.5 Å². The minimum absolute atomic E-state index is 0.0121. The second kappa shape index (κ2) is 8.36. The summed E-state index contributed by atoms with van der Waals surface area (Å²) in [4.78, 5) is 19.7. The first kappa shape index (κ1) is 20.7. The minimum Gasteiger partial charge on any atom is -0.384 e. The maximum absolute atomic E-state index is 13.7. The van der Waals surface area contributed by atoms with Gasteiger partial charge in [-0.05, 0) is 47.7 Å². The van der Waals surface area contributed by atoms with E-state index in [0.29, 0.717) is 29.7 Å². The fourth-order valence-corrected chi connectivity index (χ4v) is 4.86. The number of pyridine rings is 1. The molecule has 33 heavy (non-hydrogen) atoms. The summed E-state index contributed by atoms with van der Waals surface area (Å²) in [5, 5.41) is 10.1. The molecule has 0 spiro atoms. The molecule has 0 radical (unpaired) electrons. The molecule has 1 aliphatic carbocycles. The van der Waals surface area contributed by atoms with Gasteiger partial charge in [-0.1, -0.05) is 42.5 Å². The number of anilines is 1. The van der Waals surface area contributed by atoms with Crippen LogP contribution in [0, 0.1) is 17.1 Å². The summed E-state index contributed by atoms with van der Waals surface area (Å²) in [6.45, 7) is 0. The highest BCUT2D eigenvalue weighted by Crippen LogP contribution is 2.48. The molecule has 0 fully saturated rings. The van der Waals surface area contributed by atoms with E-state index in [9.17, 15) is 14.4 Å². The molecule has 2 atom stereocenters. The summed E-state index contributed by atoms with van der Waals surface area (Å²) >= 11 is 0. The molecule has 0 amide bonds. The number of nitrogens with two attached hydrogens (primary N) is 1. The van der Waals surface area contributed by atoms with Crippen LogP contribution in [-0.2, 0) is 4.79 Å². The van der Waals surface area contributed by atoms with Crippen LogP contribution in [0.3, 0.4) is 0 Å². The van der Waals surface area contributed by atoms with Crippen LogP contribution >= 0.6 is 0 Å². The van der Waals surface area contributed by atoms with Crippen LogP contribution in [0.2, 0.25) is 0 Å². The highest BCUT2D eigenvalue weighted by Gasteiger charge is 2.42. The summed E-state index contributed by atoms with van der Waals surface area (Å²) in [6.07, 6.45) is 4.24. The Morgan fingerprint density at radius 3 is 2.42 bits per heavy atom. The number of carbonyl (C=O) groups is 1. The number of allylic oxidation sites excluding steroid dienone is 3. The number of hydrogen-bond acceptors (Lipinski definition) is 5. The van der Waals surface area contributed by atoms with Crippen molar-refractivity contribution in [3.8, 4) is 6.07 Å². The van der Waals surface area contributed by atoms with Crippen molar-refractivity contribution in [1.29, 1.82) is 5.26 Å². The van der Waals surface area contributed by atoms with E-state index >= 15 is 0 Å². The fourth-order valence-electron chi connectivity index (χ4n) is 4.86. The Hall–Kier alpha value is -4.24. The van der Waals surface area contributed by atoms with Crippen molar-refractivity contribution in [3.63, 3.8) is 0 Å². The average Bonchev–Trinajstić information content (AvgIpc) is 2.85. The van der Waals surface area contributed by atoms with E-state index in [2.05, 4.69) is 11.1 Å². The summed E-state index contributed by atoms with van der Waals surface area (Å²) in [6, 6.07) is 21.7. The summed E-state index contributed by atoms with van der Waals surface area (Å²) in [5.41, 5.74) is 10.6. The lowest BCUT2D eigenvalue weighted by Crippen LogP contribution is -2.40. The number of aromatic nitrogens is 1. The van der Waals surface area contributed by atoms with E-state index < -0.39 is 5.92 Å². The number of ketones is 1. The van der Waals surface area contributed by atoms with Gasteiger partial charge in [-0.15, -0.1) is 0 Å². The van der Waals surface area contributed by atoms with Crippen LogP contribution in [0.1, 0.15) is 35.8 Å². The van der Waals surface area contributed by atoms with E-state index in [0.717, 1.165) is 11.3 Å². The Kier molecular flexibility index (Phi) is 5.23. The molecule has 3 aromatic rings. The Labute approximate surface area is 191 Å². The second-order valence-electron chi connectivity index (χ2n) is 8.24. The van der Waals surface area contributed by atoms with Gasteiger partial charge in [0, 0.05) is 23.9 Å². The van der Waals surface area contributed by atoms with Gasteiger partial charge in [0.05, 0.1) is 29.4 Å². The van der Waals surface area contributed by atoms with Crippen molar-refractivity contribution in [2.75, 3.05) is 4.90 Å². The summed E-state index contributed by atoms with van der Waals surface area (Å²) in [5.74, 6) is -0.798. The zero-order valence-electron chi connectivity index (χ0n) is 17.8. The molecule has 0 saturated carbocycles. The van der Waals surface area contributed by atoms with E-state index in [4.69, 9.17) is 5.73 Å². The third kappa shape index (κ3) is 3.58. The lowest BCUT2D eigenvalue weighted by Gasteiger charge is -2.41. The maximum atomic E-state index is 13.7. The predicted molar refractivity (Wildman–Crippen MR) is 123 cm³/mol. The van der Waals surface area contributed by atoms with Crippen molar-refractivity contribution in [2.45, 2.75) is 24.7 Å². The number of nitrogens with zero attached hydrogens (tertiary/aromatic N) is 3. The van der Waals surface area contributed by atoms with Crippen LogP contribution in [-0.4, -0.2) is 10.8 Å². The normalized spacial score (nSPS) is 20.5. The number of rotatable bonds is 3. The molecular weight excluding hydrogens is 415 g/mol. The van der Waals surface area contributed by atoms with Crippen LogP contribution in [0.25, 0.3) is 0 Å². The lowest BCUT2D eigenvalue weighted by atomic mass is 9.72. The van der Waals surface area contributed by atoms with Crippen LogP contribution in [0.15, 0.2) is 102 Å². The van der Waals surface area contributed by atoms with Gasteiger partial charge in [0.25, 0.3) is 0 Å². The van der Waals surface area contributed by atoms with Gasteiger partial charge in [-0.2, -0.15) is 5.26 Å². The topological polar surface area (TPSA) is 83.0 Å². The standard InChI is InChI=1S/C27H21FN4O/c28-20-10-8-18(9-11-20)25-22(15-29)27(30)32(21-7-4-12-31-16-21)23-13-19(14-24(33)26(23)25)17-5-2-1-3-6-17/h1-12,16,19,25H,13-14,30H2/t19-,25-/m1/s1. The number of Topliss-reactive ketones (excluding diaryl/α,β-unsaturated/α-hetero) is 1. The number of halogens is 1. The molecule has 5 nitrogen and oxygen atoms in total. The molecule has 5 rings (SSSR count). The Morgan fingerprint density at radius 2 is 1.76 bits per heavy atom. The first-order valence-corrected chi connectivity index (χ1v) is 10.7. The average molecular weight is 436 g/mol. The lowest BCUT2D eigenvalue weighted by molar-refractivity contribution is -0.116. The first-order valence-electron chi connectivity index (χ1n) is 10.7. The van der Waals surface area contributed by atoms with Crippen LogP contribution in [0.5, 0.6) is 0 Å². The van der Waals surface area contributed by atoms with E-state index in [-0.39, 0.29) is 28.9 Å². The van der Waals surface area contributed by atoms with Gasteiger partial charge < -0.3 is 5.73 Å². The van der Waals surface area contributed by atoms with Gasteiger partial charge >= 0.3 is 0 Å². The molecule has 2 N–H and O–H groups in total. The molecule has 0 bridgehead atoms. The molecule has 1 aromatic heterocycles. The minimum atomic E-state index is -0.636. The third-order valence-corrected chi connectivity index (χ3v) is 6.35. The molecule has 1 aliphatic heterocycles. The van der Waals surface area contributed by atoms with Crippen molar-refractivity contribution >= 4 is 11.5 Å². The summed E-state index contributed by atoms with van der Waals surface area (Å²) < 4.78 is 13.6. The number of nitriles is 1. The second-order valence-corrected chi connectivity index (χ2v) is 8.24. The smallest absolute Gasteiger partial charge is 0.162 e.